The summed E-state index contributed by atoms with van der Waals surface area (Å²) >= 11 is 1.90. The van der Waals surface area contributed by atoms with Crippen molar-refractivity contribution in [2.45, 2.75) is 41.1 Å². The second kappa shape index (κ2) is 17.3. The predicted octanol–water partition coefficient (Wildman–Crippen LogP) is 6.18. The number of hydrogen-bond donors (Lipinski definition) is 6. The van der Waals surface area contributed by atoms with Crippen LogP contribution in [0.1, 0.15) is 24.0 Å². The number of aromatic nitrogens is 1. The first-order valence-electron chi connectivity index (χ1n) is 16.0. The molecule has 0 aliphatic carbocycles. The van der Waals surface area contributed by atoms with Crippen molar-refractivity contribution < 1.29 is 61.7 Å². The Labute approximate surface area is 333 Å². The lowest BCUT2D eigenvalue weighted by Gasteiger charge is -2.11. The highest BCUT2D eigenvalue weighted by Crippen LogP contribution is 2.42. The first-order valence-corrected chi connectivity index (χ1v) is 23.9. The summed E-state index contributed by atoms with van der Waals surface area (Å²) in [5.41, 5.74) is 7.34. The minimum absolute atomic E-state index is 0.0197. The molecule has 0 saturated carbocycles. The van der Waals surface area contributed by atoms with E-state index in [0.29, 0.717) is 16.1 Å². The van der Waals surface area contributed by atoms with Crippen molar-refractivity contribution in [1.29, 1.82) is 0 Å². The van der Waals surface area contributed by atoms with Gasteiger partial charge in [-0.15, -0.1) is 27.1 Å². The molecular weight excluding hydrogens is 873 g/mol. The number of aryl methyl sites for hydroxylation is 1. The van der Waals surface area contributed by atoms with Gasteiger partial charge >= 0.3 is 0 Å². The van der Waals surface area contributed by atoms with Crippen molar-refractivity contribution in [3.8, 4) is 5.75 Å². The van der Waals surface area contributed by atoms with Gasteiger partial charge in [0.25, 0.3) is 40.5 Å². The number of nitrogens with two attached hydrogens (primary N) is 1. The fourth-order valence-electron chi connectivity index (χ4n) is 5.12. The van der Waals surface area contributed by atoms with Crippen molar-refractivity contribution in [3.05, 3.63) is 59.7 Å². The van der Waals surface area contributed by atoms with Crippen LogP contribution in [-0.2, 0) is 47.1 Å². The van der Waals surface area contributed by atoms with Crippen molar-refractivity contribution in [2.24, 2.45) is 20.5 Å². The zero-order chi connectivity index (χ0) is 41.9. The van der Waals surface area contributed by atoms with Gasteiger partial charge in [-0.2, -0.15) is 38.8 Å². The van der Waals surface area contributed by atoms with Crippen LogP contribution in [0.25, 0.3) is 21.0 Å². The minimum Gasteiger partial charge on any atom is -0.491 e. The average Bonchev–Trinajstić information content (AvgIpc) is 3.53. The molecule has 0 atom stereocenters. The van der Waals surface area contributed by atoms with Crippen molar-refractivity contribution in [2.75, 3.05) is 29.6 Å². The zero-order valence-corrected chi connectivity index (χ0v) is 34.1. The monoisotopic (exact) mass is 904 g/mol. The first-order chi connectivity index (χ1) is 26.5. The molecule has 0 saturated heterocycles. The normalized spacial score (nSPS) is 13.1. The summed E-state index contributed by atoms with van der Waals surface area (Å²) in [5, 5.41) is 27.5. The fraction of sp³-hybridized carbons (Fsp3) is 0.258. The highest BCUT2D eigenvalue weighted by Gasteiger charge is 2.22. The van der Waals surface area contributed by atoms with Gasteiger partial charge < -0.3 is 15.6 Å². The highest BCUT2D eigenvalue weighted by atomic mass is 32.2. The lowest BCUT2D eigenvalue weighted by molar-refractivity contribution is 0.282. The average molecular weight is 905 g/mol. The van der Waals surface area contributed by atoms with Crippen LogP contribution in [0.2, 0.25) is 0 Å². The topological polar surface area (TPSA) is 335 Å². The van der Waals surface area contributed by atoms with Crippen LogP contribution in [0.15, 0.2) is 83.7 Å². The molecule has 0 amide bonds. The van der Waals surface area contributed by atoms with Crippen LogP contribution < -0.4 is 10.5 Å². The molecule has 5 aromatic rings. The van der Waals surface area contributed by atoms with E-state index in [1.807, 2.05) is 0 Å². The molecule has 5 rings (SSSR count). The Morgan fingerprint density at radius 3 is 2.11 bits per heavy atom. The summed E-state index contributed by atoms with van der Waals surface area (Å²) in [6.07, 6.45) is 0.0112. The van der Waals surface area contributed by atoms with E-state index in [-0.39, 0.29) is 79.7 Å². The number of aliphatic hydroxyl groups excluding tert-OH is 1. The van der Waals surface area contributed by atoms with Crippen LogP contribution >= 0.6 is 23.1 Å². The maximum Gasteiger partial charge on any atom is 0.296 e. The molecular formula is C31H32N6O14S6. The number of thiazole rings is 1. The lowest BCUT2D eigenvalue weighted by Crippen LogP contribution is -2.09. The van der Waals surface area contributed by atoms with E-state index in [9.17, 15) is 52.4 Å². The van der Waals surface area contributed by atoms with Crippen molar-refractivity contribution >= 4 is 112 Å². The van der Waals surface area contributed by atoms with Crippen molar-refractivity contribution in [3.63, 3.8) is 0 Å². The number of fused-ring (bicyclic) bond motifs is 3. The number of thioether (sulfide) groups is 1. The van der Waals surface area contributed by atoms with E-state index < -0.39 is 68.4 Å². The third kappa shape index (κ3) is 11.7. The van der Waals surface area contributed by atoms with Gasteiger partial charge in [0, 0.05) is 21.9 Å². The standard InChI is InChI=1S/C31H32N6O14S6/c1-17-10-22(32)26(51-6-2-8-54(39,40)41)14-23(17)34-36-25-11-19(16-38)24(15-27(25)52-7-3-9-55(42,43)44)35-37-31-33-29-28(57(48,49)50)12-18-4-5-20(56(45,46)47)13-21(18)30(29)53-31/h4-5,10-15,38H,2-3,6-9,16,32H2,1H3,(H,39,40,41)(H,42,43,44)(H,45,46,47)(H,48,49,50). The fourth-order valence-corrected chi connectivity index (χ4v) is 9.43. The molecule has 0 radical (unpaired) electrons. The molecule has 0 bridgehead atoms. The summed E-state index contributed by atoms with van der Waals surface area (Å²) < 4.78 is 136. The molecule has 4 aromatic carbocycles. The van der Waals surface area contributed by atoms with Gasteiger partial charge in [0.05, 0.1) is 57.1 Å². The van der Waals surface area contributed by atoms with E-state index >= 15 is 0 Å². The molecule has 0 unspecified atom stereocenters. The van der Waals surface area contributed by atoms with E-state index in [1.165, 1.54) is 24.3 Å². The Morgan fingerprint density at radius 2 is 1.46 bits per heavy atom. The van der Waals surface area contributed by atoms with Gasteiger partial charge in [0.2, 0.25) is 5.13 Å². The number of anilines is 1. The molecule has 0 aliphatic heterocycles. The Kier molecular flexibility index (Phi) is 13.3. The van der Waals surface area contributed by atoms with Gasteiger partial charge in [0.15, 0.2) is 0 Å². The maximum absolute atomic E-state index is 12.3. The van der Waals surface area contributed by atoms with Gasteiger partial charge in [-0.1, -0.05) is 17.4 Å². The Bertz CT molecular complexity index is 2880. The van der Waals surface area contributed by atoms with Gasteiger partial charge in [0.1, 0.15) is 16.2 Å². The molecule has 26 heteroatoms. The first kappa shape index (κ1) is 43.9. The van der Waals surface area contributed by atoms with Crippen LogP contribution in [0.3, 0.4) is 0 Å². The van der Waals surface area contributed by atoms with Crippen LogP contribution in [-0.4, -0.2) is 85.8 Å². The molecule has 0 fully saturated rings. The number of azo groups is 2. The minimum atomic E-state index is -4.84. The van der Waals surface area contributed by atoms with E-state index in [4.69, 9.17) is 15.0 Å². The van der Waals surface area contributed by atoms with E-state index in [0.717, 1.165) is 41.3 Å². The van der Waals surface area contributed by atoms with E-state index in [2.05, 4.69) is 25.4 Å². The number of hydrogen-bond acceptors (Lipinski definition) is 18. The molecule has 1 aromatic heterocycles. The summed E-state index contributed by atoms with van der Waals surface area (Å²) in [4.78, 5) is 3.50. The summed E-state index contributed by atoms with van der Waals surface area (Å²) in [6.45, 7) is 1.01. The summed E-state index contributed by atoms with van der Waals surface area (Å²) in [7, 11) is -17.9. The van der Waals surface area contributed by atoms with E-state index in [1.54, 1.807) is 13.0 Å². The largest absolute Gasteiger partial charge is 0.491 e. The SMILES string of the molecule is Cc1cc(N)c(OCCCS(=O)(=O)O)cc1N=Nc1cc(CO)c(N=Nc2nc3c(S(=O)(=O)O)cc4ccc(S(=O)(=O)O)cc4c3s2)cc1SCCCS(=O)(=O)O. The number of nitrogens with zero attached hydrogens (tertiary/aromatic N) is 5. The third-order valence-corrected chi connectivity index (χ3v) is 13.2. The molecule has 0 aliphatic rings. The van der Waals surface area contributed by atoms with Gasteiger partial charge in [-0.25, -0.2) is 4.98 Å². The van der Waals surface area contributed by atoms with Crippen molar-refractivity contribution in [1.82, 2.24) is 4.98 Å². The zero-order valence-electron chi connectivity index (χ0n) is 29.2. The number of aliphatic hydroxyl groups is 1. The summed E-state index contributed by atoms with van der Waals surface area (Å²) in [5.74, 6) is -0.720. The van der Waals surface area contributed by atoms with Gasteiger partial charge in [-0.05, 0) is 72.9 Å². The van der Waals surface area contributed by atoms with Gasteiger partial charge in [-0.3, -0.25) is 18.2 Å². The Morgan fingerprint density at radius 1 is 0.789 bits per heavy atom. The Hall–Kier alpha value is -4.22. The molecule has 57 heavy (non-hydrogen) atoms. The highest BCUT2D eigenvalue weighted by molar-refractivity contribution is 7.99. The predicted molar refractivity (Wildman–Crippen MR) is 211 cm³/mol. The second-order valence-corrected chi connectivity index (χ2v) is 20.1. The molecule has 20 nitrogen and oxygen atoms in total. The van der Waals surface area contributed by atoms with Crippen LogP contribution in [0.4, 0.5) is 27.9 Å². The quantitative estimate of drug-likeness (QED) is 0.0199. The summed E-state index contributed by atoms with van der Waals surface area (Å²) in [6, 6.07) is 10.4. The lowest BCUT2D eigenvalue weighted by atomic mass is 10.1. The Balaban J connectivity index is 1.54. The molecule has 1 heterocycles. The number of rotatable bonds is 17. The maximum atomic E-state index is 12.3. The number of ether oxygens (including phenoxy) is 1. The smallest absolute Gasteiger partial charge is 0.296 e. The van der Waals surface area contributed by atoms with Crippen LogP contribution in [0, 0.1) is 6.92 Å². The molecule has 7 N–H and O–H groups in total. The van der Waals surface area contributed by atoms with Crippen LogP contribution in [0.5, 0.6) is 5.75 Å². The number of nitrogen functional groups attached to an aromatic ring is 1. The second-order valence-electron chi connectivity index (χ2n) is 12.0. The molecule has 0 spiro atoms. The molecule has 306 valence electrons. The third-order valence-electron chi connectivity index (χ3n) is 7.76. The number of benzene rings is 4.